The van der Waals surface area contributed by atoms with Gasteiger partial charge in [0.1, 0.15) is 0 Å². The zero-order chi connectivity index (χ0) is 14.1. The SMILES string of the molecule is c1ccc(C2CC2)c(CNCc2ccc3c(c2)OCO3)c1. The molecule has 1 aliphatic heterocycles. The fourth-order valence-corrected chi connectivity index (χ4v) is 2.88. The highest BCUT2D eigenvalue weighted by Crippen LogP contribution is 2.41. The average molecular weight is 281 g/mol. The van der Waals surface area contributed by atoms with Crippen LogP contribution in [-0.2, 0) is 13.1 Å². The molecule has 0 saturated heterocycles. The Morgan fingerprint density at radius 3 is 2.71 bits per heavy atom. The van der Waals surface area contributed by atoms with E-state index >= 15 is 0 Å². The summed E-state index contributed by atoms with van der Waals surface area (Å²) in [6, 6.07) is 14.9. The summed E-state index contributed by atoms with van der Waals surface area (Å²) in [7, 11) is 0. The summed E-state index contributed by atoms with van der Waals surface area (Å²) in [5.74, 6) is 2.50. The molecule has 108 valence electrons. The minimum atomic E-state index is 0.334. The van der Waals surface area contributed by atoms with Crippen LogP contribution >= 0.6 is 0 Å². The van der Waals surface area contributed by atoms with Gasteiger partial charge in [0.2, 0.25) is 6.79 Å². The highest BCUT2D eigenvalue weighted by molar-refractivity contribution is 5.44. The largest absolute Gasteiger partial charge is 0.454 e. The van der Waals surface area contributed by atoms with Crippen LogP contribution in [-0.4, -0.2) is 6.79 Å². The zero-order valence-corrected chi connectivity index (χ0v) is 12.0. The van der Waals surface area contributed by atoms with E-state index in [0.29, 0.717) is 6.79 Å². The molecule has 4 rings (SSSR count). The van der Waals surface area contributed by atoms with Crippen LogP contribution in [0.3, 0.4) is 0 Å². The third-order valence-electron chi connectivity index (χ3n) is 4.15. The van der Waals surface area contributed by atoms with Gasteiger partial charge in [0.15, 0.2) is 11.5 Å². The lowest BCUT2D eigenvalue weighted by Gasteiger charge is -2.10. The van der Waals surface area contributed by atoms with E-state index < -0.39 is 0 Å². The number of nitrogens with one attached hydrogen (secondary N) is 1. The van der Waals surface area contributed by atoms with Gasteiger partial charge in [-0.15, -0.1) is 0 Å². The van der Waals surface area contributed by atoms with Gasteiger partial charge in [-0.05, 0) is 47.6 Å². The molecule has 0 amide bonds. The Bertz CT molecular complexity index is 649. The lowest BCUT2D eigenvalue weighted by atomic mass is 10.0. The van der Waals surface area contributed by atoms with Crippen LogP contribution in [0.4, 0.5) is 0 Å². The Morgan fingerprint density at radius 1 is 0.952 bits per heavy atom. The normalized spacial score (nSPS) is 16.2. The van der Waals surface area contributed by atoms with Crippen molar-refractivity contribution in [1.29, 1.82) is 0 Å². The Morgan fingerprint density at radius 2 is 1.81 bits per heavy atom. The minimum absolute atomic E-state index is 0.334. The second-order valence-electron chi connectivity index (χ2n) is 5.76. The van der Waals surface area contributed by atoms with Crippen molar-refractivity contribution in [2.45, 2.75) is 31.8 Å². The van der Waals surface area contributed by atoms with Crippen molar-refractivity contribution < 1.29 is 9.47 Å². The average Bonchev–Trinajstić information content (AvgIpc) is 3.25. The summed E-state index contributed by atoms with van der Waals surface area (Å²) >= 11 is 0. The lowest BCUT2D eigenvalue weighted by molar-refractivity contribution is 0.174. The van der Waals surface area contributed by atoms with Crippen LogP contribution in [0.1, 0.15) is 35.4 Å². The molecule has 2 aromatic carbocycles. The number of hydrogen-bond acceptors (Lipinski definition) is 3. The molecule has 3 heteroatoms. The van der Waals surface area contributed by atoms with E-state index in [9.17, 15) is 0 Å². The van der Waals surface area contributed by atoms with Crippen LogP contribution < -0.4 is 14.8 Å². The van der Waals surface area contributed by atoms with Gasteiger partial charge in [0.05, 0.1) is 0 Å². The van der Waals surface area contributed by atoms with Crippen molar-refractivity contribution in [3.05, 3.63) is 59.2 Å². The van der Waals surface area contributed by atoms with Crippen molar-refractivity contribution in [3.8, 4) is 11.5 Å². The Labute approximate surface area is 124 Å². The summed E-state index contributed by atoms with van der Waals surface area (Å²) in [6.07, 6.45) is 2.69. The van der Waals surface area contributed by atoms with E-state index in [0.717, 1.165) is 30.5 Å². The Balaban J connectivity index is 1.39. The number of benzene rings is 2. The lowest BCUT2D eigenvalue weighted by Crippen LogP contribution is -2.13. The van der Waals surface area contributed by atoms with E-state index in [1.807, 2.05) is 6.07 Å². The van der Waals surface area contributed by atoms with Gasteiger partial charge >= 0.3 is 0 Å². The van der Waals surface area contributed by atoms with E-state index in [-0.39, 0.29) is 0 Å². The molecule has 1 saturated carbocycles. The topological polar surface area (TPSA) is 30.5 Å². The number of rotatable bonds is 5. The molecule has 0 bridgehead atoms. The molecule has 0 unspecified atom stereocenters. The standard InChI is InChI=1S/C18H19NO2/c1-2-4-16(14-6-7-14)15(3-1)11-19-10-13-5-8-17-18(9-13)21-12-20-17/h1-5,8-9,14,19H,6-7,10-12H2. The quantitative estimate of drug-likeness (QED) is 0.908. The molecule has 1 fully saturated rings. The fraction of sp³-hybridized carbons (Fsp3) is 0.333. The first-order valence-electron chi connectivity index (χ1n) is 7.57. The zero-order valence-electron chi connectivity index (χ0n) is 12.0. The van der Waals surface area contributed by atoms with Crippen molar-refractivity contribution in [1.82, 2.24) is 5.32 Å². The van der Waals surface area contributed by atoms with E-state index in [1.165, 1.54) is 29.5 Å². The molecule has 3 nitrogen and oxygen atoms in total. The van der Waals surface area contributed by atoms with Gasteiger partial charge in [-0.3, -0.25) is 0 Å². The molecular formula is C18H19NO2. The molecule has 0 radical (unpaired) electrons. The van der Waals surface area contributed by atoms with Gasteiger partial charge in [0.25, 0.3) is 0 Å². The Kier molecular flexibility index (Phi) is 3.28. The first-order valence-corrected chi connectivity index (χ1v) is 7.57. The van der Waals surface area contributed by atoms with Crippen LogP contribution in [0.15, 0.2) is 42.5 Å². The molecule has 1 heterocycles. The molecule has 1 aliphatic carbocycles. The maximum Gasteiger partial charge on any atom is 0.231 e. The first-order chi connectivity index (χ1) is 10.4. The first kappa shape index (κ1) is 12.7. The number of fused-ring (bicyclic) bond motifs is 1. The monoisotopic (exact) mass is 281 g/mol. The predicted molar refractivity (Wildman–Crippen MR) is 81.5 cm³/mol. The molecular weight excluding hydrogens is 262 g/mol. The molecule has 0 spiro atoms. The fourth-order valence-electron chi connectivity index (χ4n) is 2.88. The second kappa shape index (κ2) is 5.41. The summed E-state index contributed by atoms with van der Waals surface area (Å²) in [5, 5.41) is 3.54. The number of ether oxygens (including phenoxy) is 2. The highest BCUT2D eigenvalue weighted by atomic mass is 16.7. The smallest absolute Gasteiger partial charge is 0.231 e. The van der Waals surface area contributed by atoms with Gasteiger partial charge in [-0.1, -0.05) is 30.3 Å². The molecule has 2 aromatic rings. The van der Waals surface area contributed by atoms with Crippen molar-refractivity contribution >= 4 is 0 Å². The predicted octanol–water partition coefficient (Wildman–Crippen LogP) is 3.58. The van der Waals surface area contributed by atoms with E-state index in [1.54, 1.807) is 0 Å². The van der Waals surface area contributed by atoms with Gasteiger partial charge in [0, 0.05) is 13.1 Å². The van der Waals surface area contributed by atoms with Crippen molar-refractivity contribution in [2.75, 3.05) is 6.79 Å². The minimum Gasteiger partial charge on any atom is -0.454 e. The van der Waals surface area contributed by atoms with Crippen molar-refractivity contribution in [2.24, 2.45) is 0 Å². The van der Waals surface area contributed by atoms with Crippen LogP contribution in [0, 0.1) is 0 Å². The summed E-state index contributed by atoms with van der Waals surface area (Å²) in [5.41, 5.74) is 4.18. The third-order valence-corrected chi connectivity index (χ3v) is 4.15. The maximum absolute atomic E-state index is 5.41. The molecule has 2 aliphatic rings. The molecule has 1 N–H and O–H groups in total. The van der Waals surface area contributed by atoms with E-state index in [4.69, 9.17) is 9.47 Å². The summed E-state index contributed by atoms with van der Waals surface area (Å²) < 4.78 is 10.7. The van der Waals surface area contributed by atoms with Crippen LogP contribution in [0.2, 0.25) is 0 Å². The maximum atomic E-state index is 5.41. The number of hydrogen-bond donors (Lipinski definition) is 1. The summed E-state index contributed by atoms with van der Waals surface area (Å²) in [6.45, 7) is 2.09. The van der Waals surface area contributed by atoms with E-state index in [2.05, 4.69) is 41.7 Å². The molecule has 21 heavy (non-hydrogen) atoms. The molecule has 0 aromatic heterocycles. The van der Waals surface area contributed by atoms with Crippen LogP contribution in [0.25, 0.3) is 0 Å². The van der Waals surface area contributed by atoms with Gasteiger partial charge < -0.3 is 14.8 Å². The highest BCUT2D eigenvalue weighted by Gasteiger charge is 2.25. The van der Waals surface area contributed by atoms with Gasteiger partial charge in [-0.2, -0.15) is 0 Å². The van der Waals surface area contributed by atoms with Crippen molar-refractivity contribution in [3.63, 3.8) is 0 Å². The third kappa shape index (κ3) is 2.74. The molecule has 0 atom stereocenters. The van der Waals surface area contributed by atoms with Gasteiger partial charge in [-0.25, -0.2) is 0 Å². The summed E-state index contributed by atoms with van der Waals surface area (Å²) in [4.78, 5) is 0. The van der Waals surface area contributed by atoms with Crippen LogP contribution in [0.5, 0.6) is 11.5 Å². The Hall–Kier alpha value is -2.00. The second-order valence-corrected chi connectivity index (χ2v) is 5.76.